The highest BCUT2D eigenvalue weighted by molar-refractivity contribution is 14.1. The molecule has 0 aliphatic heterocycles. The van der Waals surface area contributed by atoms with Crippen LogP contribution in [0.4, 0.5) is 5.69 Å². The highest BCUT2D eigenvalue weighted by Crippen LogP contribution is 2.30. The number of fused-ring (bicyclic) bond motifs is 1. The van der Waals surface area contributed by atoms with Gasteiger partial charge in [0.25, 0.3) is 0 Å². The molecule has 0 spiro atoms. The predicted molar refractivity (Wildman–Crippen MR) is 84.3 cm³/mol. The van der Waals surface area contributed by atoms with Crippen molar-refractivity contribution in [2.45, 2.75) is 0 Å². The predicted octanol–water partition coefficient (Wildman–Crippen LogP) is 4.44. The van der Waals surface area contributed by atoms with Crippen molar-refractivity contribution in [3.63, 3.8) is 0 Å². The number of anilines is 1. The lowest BCUT2D eigenvalue weighted by molar-refractivity contribution is 0.620. The van der Waals surface area contributed by atoms with Gasteiger partial charge in [-0.05, 0) is 59.0 Å². The van der Waals surface area contributed by atoms with E-state index in [1.165, 1.54) is 0 Å². The number of hydrogen-bond acceptors (Lipinski definition) is 3. The van der Waals surface area contributed by atoms with Gasteiger partial charge in [-0.2, -0.15) is 0 Å². The van der Waals surface area contributed by atoms with Crippen LogP contribution in [-0.2, 0) is 0 Å². The molecular weight excluding hydrogens is 407 g/mol. The third-order valence-electron chi connectivity index (χ3n) is 2.60. The summed E-state index contributed by atoms with van der Waals surface area (Å²) in [6.07, 6.45) is 0. The third-order valence-corrected chi connectivity index (χ3v) is 3.76. The van der Waals surface area contributed by atoms with Crippen LogP contribution >= 0.6 is 38.5 Å². The lowest BCUT2D eigenvalue weighted by Crippen LogP contribution is -1.90. The van der Waals surface area contributed by atoms with E-state index < -0.39 is 0 Å². The van der Waals surface area contributed by atoms with Gasteiger partial charge >= 0.3 is 0 Å². The Bertz CT molecular complexity index is 739. The quantitative estimate of drug-likeness (QED) is 0.473. The molecule has 0 aliphatic rings. The van der Waals surface area contributed by atoms with E-state index in [4.69, 9.17) is 10.2 Å². The second-order valence-corrected chi connectivity index (χ2v) is 6.02. The van der Waals surface area contributed by atoms with Crippen LogP contribution in [0.15, 0.2) is 45.3 Å². The number of nitrogens with zero attached hydrogens (tertiary/aromatic N) is 1. The van der Waals surface area contributed by atoms with Gasteiger partial charge in [-0.25, -0.2) is 4.98 Å². The molecule has 0 amide bonds. The van der Waals surface area contributed by atoms with E-state index in [2.05, 4.69) is 43.5 Å². The van der Waals surface area contributed by atoms with Crippen molar-refractivity contribution in [1.29, 1.82) is 0 Å². The maximum atomic E-state index is 5.96. The second-order valence-electron chi connectivity index (χ2n) is 3.86. The number of rotatable bonds is 1. The van der Waals surface area contributed by atoms with Gasteiger partial charge in [0, 0.05) is 13.7 Å². The van der Waals surface area contributed by atoms with E-state index in [1.54, 1.807) is 0 Å². The van der Waals surface area contributed by atoms with E-state index in [-0.39, 0.29) is 0 Å². The minimum Gasteiger partial charge on any atom is -0.436 e. The summed E-state index contributed by atoms with van der Waals surface area (Å²) >= 11 is 5.66. The first kappa shape index (κ1) is 12.0. The van der Waals surface area contributed by atoms with Gasteiger partial charge in [0.15, 0.2) is 5.58 Å². The zero-order chi connectivity index (χ0) is 12.7. The molecule has 0 unspecified atom stereocenters. The van der Waals surface area contributed by atoms with Gasteiger partial charge in [-0.1, -0.05) is 15.9 Å². The molecule has 1 heterocycles. The van der Waals surface area contributed by atoms with Crippen molar-refractivity contribution in [3.05, 3.63) is 44.4 Å². The molecule has 0 atom stereocenters. The third kappa shape index (κ3) is 2.12. The smallest absolute Gasteiger partial charge is 0.229 e. The van der Waals surface area contributed by atoms with Crippen molar-refractivity contribution >= 4 is 55.3 Å². The van der Waals surface area contributed by atoms with E-state index in [0.29, 0.717) is 11.6 Å². The summed E-state index contributed by atoms with van der Waals surface area (Å²) in [5.41, 5.74) is 9.03. The van der Waals surface area contributed by atoms with Crippen LogP contribution < -0.4 is 5.73 Å². The number of benzene rings is 2. The van der Waals surface area contributed by atoms with Crippen molar-refractivity contribution in [2.24, 2.45) is 0 Å². The molecule has 18 heavy (non-hydrogen) atoms. The summed E-state index contributed by atoms with van der Waals surface area (Å²) in [5.74, 6) is 0.555. The molecule has 0 radical (unpaired) electrons. The molecule has 0 saturated carbocycles. The van der Waals surface area contributed by atoms with Crippen molar-refractivity contribution < 1.29 is 4.42 Å². The van der Waals surface area contributed by atoms with E-state index in [9.17, 15) is 0 Å². The van der Waals surface area contributed by atoms with Crippen LogP contribution in [0.3, 0.4) is 0 Å². The fraction of sp³-hybridized carbons (Fsp3) is 0. The van der Waals surface area contributed by atoms with Crippen LogP contribution in [-0.4, -0.2) is 4.98 Å². The summed E-state index contributed by atoms with van der Waals surface area (Å²) in [6.45, 7) is 0. The molecule has 5 heteroatoms. The Labute approximate surface area is 126 Å². The molecule has 90 valence electrons. The summed E-state index contributed by atoms with van der Waals surface area (Å²) < 4.78 is 7.80. The lowest BCUT2D eigenvalue weighted by Gasteiger charge is -2.01. The summed E-state index contributed by atoms with van der Waals surface area (Å²) in [4.78, 5) is 4.47. The van der Waals surface area contributed by atoms with E-state index in [1.807, 2.05) is 36.4 Å². The standard InChI is InChI=1S/C13H8BrIN2O/c14-7-1-4-12-11(5-7)17-13(18-12)9-6-8(15)2-3-10(9)16/h1-6H,16H2. The van der Waals surface area contributed by atoms with Crippen LogP contribution in [0.25, 0.3) is 22.6 Å². The minimum atomic E-state index is 0.555. The lowest BCUT2D eigenvalue weighted by atomic mass is 10.2. The highest BCUT2D eigenvalue weighted by atomic mass is 127. The molecule has 1 aromatic heterocycles. The topological polar surface area (TPSA) is 52.0 Å². The zero-order valence-corrected chi connectivity index (χ0v) is 12.9. The van der Waals surface area contributed by atoms with Crippen molar-refractivity contribution in [3.8, 4) is 11.5 Å². The Morgan fingerprint density at radius 2 is 2.00 bits per heavy atom. The maximum Gasteiger partial charge on any atom is 0.229 e. The van der Waals surface area contributed by atoms with Gasteiger partial charge in [-0.15, -0.1) is 0 Å². The first-order valence-corrected chi connectivity index (χ1v) is 7.12. The molecule has 3 aromatic rings. The monoisotopic (exact) mass is 414 g/mol. The Morgan fingerprint density at radius 3 is 2.83 bits per heavy atom. The highest BCUT2D eigenvalue weighted by Gasteiger charge is 2.11. The maximum absolute atomic E-state index is 5.96. The summed E-state index contributed by atoms with van der Waals surface area (Å²) in [6, 6.07) is 11.5. The first-order chi connectivity index (χ1) is 8.63. The zero-order valence-electron chi connectivity index (χ0n) is 9.15. The first-order valence-electron chi connectivity index (χ1n) is 5.25. The molecule has 0 aliphatic carbocycles. The minimum absolute atomic E-state index is 0.555. The van der Waals surface area contributed by atoms with Gasteiger partial charge in [-0.3, -0.25) is 0 Å². The largest absolute Gasteiger partial charge is 0.436 e. The molecule has 0 fully saturated rings. The number of aromatic nitrogens is 1. The Kier molecular flexibility index (Phi) is 3.03. The Hall–Kier alpha value is -1.08. The van der Waals surface area contributed by atoms with Crippen LogP contribution in [0.5, 0.6) is 0 Å². The van der Waals surface area contributed by atoms with Gasteiger partial charge in [0.05, 0.1) is 5.56 Å². The van der Waals surface area contributed by atoms with Crippen LogP contribution in [0.2, 0.25) is 0 Å². The summed E-state index contributed by atoms with van der Waals surface area (Å²) in [7, 11) is 0. The van der Waals surface area contributed by atoms with E-state index >= 15 is 0 Å². The number of oxazole rings is 1. The Balaban J connectivity index is 2.22. The van der Waals surface area contributed by atoms with E-state index in [0.717, 1.165) is 24.7 Å². The molecule has 2 aromatic carbocycles. The number of nitrogen functional groups attached to an aromatic ring is 1. The van der Waals surface area contributed by atoms with Gasteiger partial charge in [0.2, 0.25) is 5.89 Å². The Morgan fingerprint density at radius 1 is 1.17 bits per heavy atom. The second kappa shape index (κ2) is 4.55. The van der Waals surface area contributed by atoms with Crippen LogP contribution in [0, 0.1) is 3.57 Å². The number of halogens is 2. The van der Waals surface area contributed by atoms with Crippen LogP contribution in [0.1, 0.15) is 0 Å². The number of hydrogen-bond donors (Lipinski definition) is 1. The SMILES string of the molecule is Nc1ccc(I)cc1-c1nc2cc(Br)ccc2o1. The number of nitrogens with two attached hydrogens (primary N) is 1. The van der Waals surface area contributed by atoms with Gasteiger partial charge in [0.1, 0.15) is 5.52 Å². The molecule has 0 saturated heterocycles. The molecule has 0 bridgehead atoms. The molecule has 3 rings (SSSR count). The normalized spacial score (nSPS) is 11.0. The average molecular weight is 415 g/mol. The average Bonchev–Trinajstić information content (AvgIpc) is 2.74. The van der Waals surface area contributed by atoms with Gasteiger partial charge < -0.3 is 10.2 Å². The molecule has 2 N–H and O–H groups in total. The fourth-order valence-corrected chi connectivity index (χ4v) is 2.57. The van der Waals surface area contributed by atoms with Crippen molar-refractivity contribution in [2.75, 3.05) is 5.73 Å². The summed E-state index contributed by atoms with van der Waals surface area (Å²) in [5, 5.41) is 0. The fourth-order valence-electron chi connectivity index (χ4n) is 1.73. The molecule has 3 nitrogen and oxygen atoms in total. The van der Waals surface area contributed by atoms with Crippen molar-refractivity contribution in [1.82, 2.24) is 4.98 Å². The molecular formula is C13H8BrIN2O.